The lowest BCUT2D eigenvalue weighted by atomic mass is 10.0. The minimum atomic E-state index is -0.00528. The highest BCUT2D eigenvalue weighted by molar-refractivity contribution is 5.90. The van der Waals surface area contributed by atoms with Crippen LogP contribution in [0.2, 0.25) is 0 Å². The number of fused-ring (bicyclic) bond motifs is 3. The molecule has 0 unspecified atom stereocenters. The monoisotopic (exact) mass is 308 g/mol. The highest BCUT2D eigenvalue weighted by atomic mass is 16.5. The number of methoxy groups -OCH3 is 1. The van der Waals surface area contributed by atoms with E-state index in [1.807, 2.05) is 18.2 Å². The van der Waals surface area contributed by atoms with E-state index in [9.17, 15) is 5.11 Å². The normalized spacial score (nSPS) is 16.7. The quantitative estimate of drug-likeness (QED) is 0.695. The van der Waals surface area contributed by atoms with E-state index in [1.165, 1.54) is 16.5 Å². The summed E-state index contributed by atoms with van der Waals surface area (Å²) in [6.45, 7) is -0.00528. The molecule has 4 nitrogen and oxygen atoms in total. The summed E-state index contributed by atoms with van der Waals surface area (Å²) < 4.78 is 5.34. The second-order valence-corrected chi connectivity index (χ2v) is 6.15. The zero-order chi connectivity index (χ0) is 16.0. The SMILES string of the molecule is COc1cc(CO)cc(-c2cc3c4c(ccc3[nH]2)[C@H](N)CC4)c1. The summed E-state index contributed by atoms with van der Waals surface area (Å²) in [6.07, 6.45) is 2.05. The number of hydrogen-bond donors (Lipinski definition) is 3. The molecule has 0 bridgehead atoms. The minimum absolute atomic E-state index is 0.00528. The highest BCUT2D eigenvalue weighted by Gasteiger charge is 2.22. The molecule has 2 aromatic carbocycles. The standard InChI is InChI=1S/C19H20N2O2/c1-23-13-7-11(10-22)6-12(8-13)19-9-16-14-2-4-17(20)15(14)3-5-18(16)21-19/h3,5-9,17,21-22H,2,4,10,20H2,1H3/t17-/m1/s1. The predicted molar refractivity (Wildman–Crippen MR) is 91.5 cm³/mol. The number of aromatic nitrogens is 1. The molecule has 1 aromatic heterocycles. The van der Waals surface area contributed by atoms with Crippen LogP contribution in [0.3, 0.4) is 0 Å². The molecule has 4 heteroatoms. The molecule has 0 saturated carbocycles. The van der Waals surface area contributed by atoms with Gasteiger partial charge in [0, 0.05) is 28.2 Å². The zero-order valence-corrected chi connectivity index (χ0v) is 13.1. The van der Waals surface area contributed by atoms with Crippen molar-refractivity contribution in [2.45, 2.75) is 25.5 Å². The Balaban J connectivity index is 1.87. The lowest BCUT2D eigenvalue weighted by molar-refractivity contribution is 0.281. The number of aryl methyl sites for hydroxylation is 1. The van der Waals surface area contributed by atoms with Gasteiger partial charge < -0.3 is 20.6 Å². The Bertz CT molecular complexity index is 860. The van der Waals surface area contributed by atoms with Crippen LogP contribution in [0, 0.1) is 0 Å². The molecule has 1 aliphatic carbocycles. The molecule has 1 atom stereocenters. The van der Waals surface area contributed by atoms with Crippen LogP contribution < -0.4 is 10.5 Å². The van der Waals surface area contributed by atoms with Crippen LogP contribution in [0.15, 0.2) is 36.4 Å². The predicted octanol–water partition coefficient (Wildman–Crippen LogP) is 3.28. The number of nitrogens with two attached hydrogens (primary N) is 1. The number of benzene rings is 2. The molecule has 0 radical (unpaired) electrons. The lowest BCUT2D eigenvalue weighted by Crippen LogP contribution is -2.04. The summed E-state index contributed by atoms with van der Waals surface area (Å²) >= 11 is 0. The molecule has 4 rings (SSSR count). The van der Waals surface area contributed by atoms with Gasteiger partial charge in [0.2, 0.25) is 0 Å². The Morgan fingerprint density at radius 2 is 2.13 bits per heavy atom. The van der Waals surface area contributed by atoms with E-state index in [0.717, 1.165) is 40.9 Å². The molecular weight excluding hydrogens is 288 g/mol. The first-order valence-electron chi connectivity index (χ1n) is 7.89. The number of ether oxygens (including phenoxy) is 1. The van der Waals surface area contributed by atoms with Gasteiger partial charge in [-0.2, -0.15) is 0 Å². The second kappa shape index (κ2) is 5.41. The van der Waals surface area contributed by atoms with Gasteiger partial charge in [-0.05, 0) is 59.9 Å². The molecule has 0 aliphatic heterocycles. The van der Waals surface area contributed by atoms with E-state index in [2.05, 4.69) is 23.2 Å². The van der Waals surface area contributed by atoms with Crippen LogP contribution in [-0.4, -0.2) is 17.2 Å². The molecular formula is C19H20N2O2. The summed E-state index contributed by atoms with van der Waals surface area (Å²) in [4.78, 5) is 3.48. The van der Waals surface area contributed by atoms with Gasteiger partial charge in [-0.1, -0.05) is 6.07 Å². The van der Waals surface area contributed by atoms with Crippen molar-refractivity contribution >= 4 is 10.9 Å². The Morgan fingerprint density at radius 3 is 2.91 bits per heavy atom. The maximum absolute atomic E-state index is 9.45. The molecule has 0 amide bonds. The summed E-state index contributed by atoms with van der Waals surface area (Å²) in [5, 5.41) is 10.7. The van der Waals surface area contributed by atoms with E-state index < -0.39 is 0 Å². The third kappa shape index (κ3) is 2.31. The fourth-order valence-corrected chi connectivity index (χ4v) is 3.54. The zero-order valence-electron chi connectivity index (χ0n) is 13.1. The molecule has 0 fully saturated rings. The molecule has 3 aromatic rings. The van der Waals surface area contributed by atoms with Crippen LogP contribution in [0.4, 0.5) is 0 Å². The molecule has 4 N–H and O–H groups in total. The number of hydrogen-bond acceptors (Lipinski definition) is 3. The van der Waals surface area contributed by atoms with Crippen LogP contribution in [0.1, 0.15) is 29.2 Å². The van der Waals surface area contributed by atoms with Crippen LogP contribution in [0.25, 0.3) is 22.2 Å². The van der Waals surface area contributed by atoms with Crippen molar-refractivity contribution in [1.82, 2.24) is 4.98 Å². The maximum atomic E-state index is 9.45. The Morgan fingerprint density at radius 1 is 1.26 bits per heavy atom. The molecule has 0 saturated heterocycles. The van der Waals surface area contributed by atoms with Crippen molar-refractivity contribution in [2.75, 3.05) is 7.11 Å². The van der Waals surface area contributed by atoms with Crippen molar-refractivity contribution in [1.29, 1.82) is 0 Å². The fourth-order valence-electron chi connectivity index (χ4n) is 3.54. The average molecular weight is 308 g/mol. The van der Waals surface area contributed by atoms with Crippen molar-refractivity contribution in [3.8, 4) is 17.0 Å². The fraction of sp³-hybridized carbons (Fsp3) is 0.263. The Labute approximate surface area is 134 Å². The van der Waals surface area contributed by atoms with Crippen LogP contribution >= 0.6 is 0 Å². The summed E-state index contributed by atoms with van der Waals surface area (Å²) in [5.74, 6) is 0.748. The van der Waals surface area contributed by atoms with Gasteiger partial charge in [0.05, 0.1) is 13.7 Å². The Kier molecular flexibility index (Phi) is 3.36. The number of nitrogens with one attached hydrogen (secondary N) is 1. The van der Waals surface area contributed by atoms with Gasteiger partial charge in [-0.3, -0.25) is 0 Å². The summed E-state index contributed by atoms with van der Waals surface area (Å²) in [5.41, 5.74) is 12.8. The van der Waals surface area contributed by atoms with Crippen molar-refractivity contribution in [3.63, 3.8) is 0 Å². The summed E-state index contributed by atoms with van der Waals surface area (Å²) in [7, 11) is 1.64. The van der Waals surface area contributed by atoms with Crippen molar-refractivity contribution < 1.29 is 9.84 Å². The van der Waals surface area contributed by atoms with E-state index in [4.69, 9.17) is 10.5 Å². The van der Waals surface area contributed by atoms with E-state index in [1.54, 1.807) is 7.11 Å². The molecule has 0 spiro atoms. The van der Waals surface area contributed by atoms with E-state index >= 15 is 0 Å². The molecule has 118 valence electrons. The lowest BCUT2D eigenvalue weighted by Gasteiger charge is -2.06. The number of aliphatic hydroxyl groups is 1. The second-order valence-electron chi connectivity index (χ2n) is 6.15. The minimum Gasteiger partial charge on any atom is -0.497 e. The van der Waals surface area contributed by atoms with Crippen molar-refractivity contribution in [2.24, 2.45) is 5.73 Å². The van der Waals surface area contributed by atoms with Gasteiger partial charge in [0.25, 0.3) is 0 Å². The topological polar surface area (TPSA) is 71.3 Å². The van der Waals surface area contributed by atoms with E-state index in [-0.39, 0.29) is 12.6 Å². The molecule has 23 heavy (non-hydrogen) atoms. The first-order chi connectivity index (χ1) is 11.2. The molecule has 1 aliphatic rings. The Hall–Kier alpha value is -2.30. The third-order valence-corrected chi connectivity index (χ3v) is 4.75. The van der Waals surface area contributed by atoms with Gasteiger partial charge in [0.15, 0.2) is 0 Å². The number of rotatable bonds is 3. The first kappa shape index (κ1) is 14.3. The van der Waals surface area contributed by atoms with Gasteiger partial charge in [-0.15, -0.1) is 0 Å². The van der Waals surface area contributed by atoms with Crippen molar-refractivity contribution in [3.05, 3.63) is 53.1 Å². The van der Waals surface area contributed by atoms with Gasteiger partial charge in [-0.25, -0.2) is 0 Å². The number of aromatic amines is 1. The van der Waals surface area contributed by atoms with Crippen LogP contribution in [-0.2, 0) is 13.0 Å². The number of aliphatic hydroxyl groups excluding tert-OH is 1. The highest BCUT2D eigenvalue weighted by Crippen LogP contribution is 2.37. The molecule has 1 heterocycles. The van der Waals surface area contributed by atoms with E-state index in [0.29, 0.717) is 0 Å². The summed E-state index contributed by atoms with van der Waals surface area (Å²) in [6, 6.07) is 12.4. The van der Waals surface area contributed by atoms with Gasteiger partial charge in [0.1, 0.15) is 5.75 Å². The smallest absolute Gasteiger partial charge is 0.119 e. The van der Waals surface area contributed by atoms with Gasteiger partial charge >= 0.3 is 0 Å². The average Bonchev–Trinajstić information content (AvgIpc) is 3.18. The number of H-pyrrole nitrogens is 1. The first-order valence-corrected chi connectivity index (χ1v) is 7.89. The third-order valence-electron chi connectivity index (χ3n) is 4.75. The van der Waals surface area contributed by atoms with Crippen LogP contribution in [0.5, 0.6) is 5.75 Å². The largest absolute Gasteiger partial charge is 0.497 e. The maximum Gasteiger partial charge on any atom is 0.119 e.